The van der Waals surface area contributed by atoms with Gasteiger partial charge in [-0.05, 0) is 44.9 Å². The van der Waals surface area contributed by atoms with Crippen LogP contribution in [0.1, 0.15) is 47.0 Å². The second-order valence-electron chi connectivity index (χ2n) is 6.94. The molecule has 1 saturated carbocycles. The first kappa shape index (κ1) is 15.8. The maximum Gasteiger partial charge on any atom is 0.326 e. The van der Waals surface area contributed by atoms with E-state index in [1.807, 2.05) is 13.8 Å². The Hall–Kier alpha value is -0.610. The molecule has 0 aromatic rings. The molecule has 4 nitrogen and oxygen atoms in total. The Bertz CT molecular complexity index is 333. The maximum absolute atomic E-state index is 12.3. The molecule has 1 heterocycles. The van der Waals surface area contributed by atoms with E-state index in [4.69, 9.17) is 4.74 Å². The molecule has 0 spiro atoms. The third kappa shape index (κ3) is 3.95. The van der Waals surface area contributed by atoms with E-state index in [-0.39, 0.29) is 5.97 Å². The summed E-state index contributed by atoms with van der Waals surface area (Å²) in [6.45, 7) is 12.3. The summed E-state index contributed by atoms with van der Waals surface area (Å²) in [7, 11) is 0. The average Bonchev–Trinajstić information content (AvgIpc) is 3.13. The number of hydrogen-bond donors (Lipinski definition) is 1. The van der Waals surface area contributed by atoms with Gasteiger partial charge < -0.3 is 9.64 Å². The van der Waals surface area contributed by atoms with E-state index in [2.05, 4.69) is 24.1 Å². The number of carbonyl (C=O) groups is 1. The van der Waals surface area contributed by atoms with E-state index in [1.165, 1.54) is 12.8 Å². The van der Waals surface area contributed by atoms with E-state index < -0.39 is 5.54 Å². The summed E-state index contributed by atoms with van der Waals surface area (Å²) < 4.78 is 5.27. The Morgan fingerprint density at radius 2 is 1.90 bits per heavy atom. The molecule has 1 N–H and O–H groups in total. The molecule has 2 aliphatic rings. The van der Waals surface area contributed by atoms with Gasteiger partial charge in [0.05, 0.1) is 6.61 Å². The highest BCUT2D eigenvalue weighted by atomic mass is 16.5. The minimum atomic E-state index is -0.522. The molecule has 0 aromatic heterocycles. The van der Waals surface area contributed by atoms with Gasteiger partial charge in [0.25, 0.3) is 0 Å². The Balaban J connectivity index is 1.88. The highest BCUT2D eigenvalue weighted by Crippen LogP contribution is 2.27. The molecule has 0 aromatic carbocycles. The Kier molecular flexibility index (Phi) is 5.08. The predicted molar refractivity (Wildman–Crippen MR) is 80.6 cm³/mol. The van der Waals surface area contributed by atoms with Crippen LogP contribution < -0.4 is 5.32 Å². The normalized spacial score (nSPS) is 30.2. The smallest absolute Gasteiger partial charge is 0.326 e. The van der Waals surface area contributed by atoms with Gasteiger partial charge in [0.1, 0.15) is 5.54 Å². The molecular weight excluding hydrogens is 252 g/mol. The summed E-state index contributed by atoms with van der Waals surface area (Å²) in [6.07, 6.45) is 3.21. The molecule has 3 atom stereocenters. The number of likely N-dealkylation sites (tertiary alicyclic amines) is 1. The lowest BCUT2D eigenvalue weighted by atomic mass is 9.97. The van der Waals surface area contributed by atoms with Crippen LogP contribution in [0.4, 0.5) is 0 Å². The van der Waals surface area contributed by atoms with Crippen LogP contribution in [0.25, 0.3) is 0 Å². The van der Waals surface area contributed by atoms with Crippen LogP contribution in [0, 0.1) is 11.8 Å². The summed E-state index contributed by atoms with van der Waals surface area (Å²) in [4.78, 5) is 14.7. The lowest BCUT2D eigenvalue weighted by Crippen LogP contribution is -2.53. The Morgan fingerprint density at radius 3 is 2.40 bits per heavy atom. The number of esters is 1. The van der Waals surface area contributed by atoms with E-state index in [0.29, 0.717) is 12.6 Å². The van der Waals surface area contributed by atoms with Crippen LogP contribution >= 0.6 is 0 Å². The standard InChI is InChI=1S/C16H30N2O2/c1-5-20-15(19)16(4,17-14-6-7-14)8-9-18-10-12(2)13(3)11-18/h12-14,17H,5-11H2,1-4H3. The van der Waals surface area contributed by atoms with Crippen LogP contribution in [0.5, 0.6) is 0 Å². The van der Waals surface area contributed by atoms with E-state index in [9.17, 15) is 4.79 Å². The molecule has 0 radical (unpaired) electrons. The van der Waals surface area contributed by atoms with Crippen molar-refractivity contribution in [3.63, 3.8) is 0 Å². The summed E-state index contributed by atoms with van der Waals surface area (Å²) >= 11 is 0. The van der Waals surface area contributed by atoms with Crippen molar-refractivity contribution in [1.29, 1.82) is 0 Å². The highest BCUT2D eigenvalue weighted by molar-refractivity contribution is 5.80. The van der Waals surface area contributed by atoms with Crippen molar-refractivity contribution in [1.82, 2.24) is 10.2 Å². The van der Waals surface area contributed by atoms with Crippen molar-refractivity contribution in [2.24, 2.45) is 11.8 Å². The average molecular weight is 282 g/mol. The molecular formula is C16H30N2O2. The largest absolute Gasteiger partial charge is 0.465 e. The molecule has 1 aliphatic carbocycles. The second-order valence-corrected chi connectivity index (χ2v) is 6.94. The summed E-state index contributed by atoms with van der Waals surface area (Å²) in [5, 5.41) is 3.50. The number of carbonyl (C=O) groups excluding carboxylic acids is 1. The Morgan fingerprint density at radius 1 is 1.30 bits per heavy atom. The Labute approximate surface area is 123 Å². The van der Waals surface area contributed by atoms with Crippen LogP contribution in [-0.4, -0.2) is 48.7 Å². The van der Waals surface area contributed by atoms with Gasteiger partial charge in [-0.3, -0.25) is 10.1 Å². The fraction of sp³-hybridized carbons (Fsp3) is 0.938. The zero-order chi connectivity index (χ0) is 14.8. The number of ether oxygens (including phenoxy) is 1. The second kappa shape index (κ2) is 6.44. The van der Waals surface area contributed by atoms with Crippen molar-refractivity contribution in [3.05, 3.63) is 0 Å². The van der Waals surface area contributed by atoms with Crippen LogP contribution in [-0.2, 0) is 9.53 Å². The van der Waals surface area contributed by atoms with Gasteiger partial charge >= 0.3 is 5.97 Å². The van der Waals surface area contributed by atoms with E-state index in [1.54, 1.807) is 0 Å². The lowest BCUT2D eigenvalue weighted by Gasteiger charge is -2.30. The van der Waals surface area contributed by atoms with Gasteiger partial charge in [-0.1, -0.05) is 13.8 Å². The van der Waals surface area contributed by atoms with Crippen LogP contribution in [0.3, 0.4) is 0 Å². The van der Waals surface area contributed by atoms with Gasteiger partial charge in [0, 0.05) is 25.7 Å². The monoisotopic (exact) mass is 282 g/mol. The first-order chi connectivity index (χ1) is 9.44. The number of rotatable bonds is 7. The molecule has 2 rings (SSSR count). The third-order valence-electron chi connectivity index (χ3n) is 4.82. The zero-order valence-electron chi connectivity index (χ0n) is 13.4. The van der Waals surface area contributed by atoms with Gasteiger partial charge in [0.2, 0.25) is 0 Å². The maximum atomic E-state index is 12.3. The minimum Gasteiger partial charge on any atom is -0.465 e. The first-order valence-corrected chi connectivity index (χ1v) is 8.12. The fourth-order valence-electron chi connectivity index (χ4n) is 3.01. The minimum absolute atomic E-state index is 0.0906. The van der Waals surface area contributed by atoms with Crippen molar-refractivity contribution >= 4 is 5.97 Å². The van der Waals surface area contributed by atoms with Crippen LogP contribution in [0.2, 0.25) is 0 Å². The zero-order valence-corrected chi connectivity index (χ0v) is 13.4. The van der Waals surface area contributed by atoms with Gasteiger partial charge in [-0.15, -0.1) is 0 Å². The SMILES string of the molecule is CCOC(=O)C(C)(CCN1CC(C)C(C)C1)NC1CC1. The topological polar surface area (TPSA) is 41.6 Å². The van der Waals surface area contributed by atoms with E-state index in [0.717, 1.165) is 37.9 Å². The highest BCUT2D eigenvalue weighted by Gasteiger charge is 2.40. The van der Waals surface area contributed by atoms with Gasteiger partial charge in [-0.2, -0.15) is 0 Å². The molecule has 1 saturated heterocycles. The quantitative estimate of drug-likeness (QED) is 0.726. The molecule has 1 aliphatic heterocycles. The molecule has 0 bridgehead atoms. The van der Waals surface area contributed by atoms with Crippen LogP contribution in [0.15, 0.2) is 0 Å². The third-order valence-corrected chi connectivity index (χ3v) is 4.82. The molecule has 3 unspecified atom stereocenters. The number of hydrogen-bond acceptors (Lipinski definition) is 4. The van der Waals surface area contributed by atoms with Crippen molar-refractivity contribution < 1.29 is 9.53 Å². The predicted octanol–water partition coefficient (Wildman–Crippen LogP) is 2.04. The summed E-state index contributed by atoms with van der Waals surface area (Å²) in [5.41, 5.74) is -0.522. The lowest BCUT2D eigenvalue weighted by molar-refractivity contribution is -0.151. The van der Waals surface area contributed by atoms with E-state index >= 15 is 0 Å². The molecule has 0 amide bonds. The first-order valence-electron chi connectivity index (χ1n) is 8.12. The molecule has 2 fully saturated rings. The van der Waals surface area contributed by atoms with Crippen molar-refractivity contribution in [2.45, 2.75) is 58.5 Å². The molecule has 116 valence electrons. The van der Waals surface area contributed by atoms with Crippen molar-refractivity contribution in [2.75, 3.05) is 26.2 Å². The number of nitrogens with one attached hydrogen (secondary N) is 1. The van der Waals surface area contributed by atoms with Gasteiger partial charge in [0.15, 0.2) is 0 Å². The summed E-state index contributed by atoms with van der Waals surface area (Å²) in [5.74, 6) is 1.44. The van der Waals surface area contributed by atoms with Crippen molar-refractivity contribution in [3.8, 4) is 0 Å². The summed E-state index contributed by atoms with van der Waals surface area (Å²) in [6, 6.07) is 0.515. The number of nitrogens with zero attached hydrogens (tertiary/aromatic N) is 1. The molecule has 20 heavy (non-hydrogen) atoms. The molecule has 4 heteroatoms. The van der Waals surface area contributed by atoms with Gasteiger partial charge in [-0.25, -0.2) is 0 Å². The fourth-order valence-corrected chi connectivity index (χ4v) is 3.01.